The molecule has 0 fully saturated rings. The van der Waals surface area contributed by atoms with Crippen molar-refractivity contribution in [2.24, 2.45) is 0 Å². The Kier molecular flexibility index (Phi) is 6.70. The third-order valence-electron chi connectivity index (χ3n) is 3.47. The third-order valence-corrected chi connectivity index (χ3v) is 3.47. The summed E-state index contributed by atoms with van der Waals surface area (Å²) in [6, 6.07) is 9.64. The van der Waals surface area contributed by atoms with Gasteiger partial charge in [-0.05, 0) is 58.7 Å². The van der Waals surface area contributed by atoms with E-state index in [1.165, 1.54) is 24.1 Å². The van der Waals surface area contributed by atoms with Crippen molar-refractivity contribution < 1.29 is 0 Å². The van der Waals surface area contributed by atoms with Crippen LogP contribution < -0.4 is 5.32 Å². The first kappa shape index (κ1) is 17.2. The molecule has 1 N–H and O–H groups in total. The van der Waals surface area contributed by atoms with Crippen molar-refractivity contribution in [2.75, 3.05) is 6.54 Å². The van der Waals surface area contributed by atoms with Crippen LogP contribution in [0.5, 0.6) is 0 Å². The number of hydrogen-bond donors (Lipinski definition) is 1. The van der Waals surface area contributed by atoms with Crippen molar-refractivity contribution in [1.29, 1.82) is 0 Å². The van der Waals surface area contributed by atoms with Crippen LogP contribution in [0.2, 0.25) is 0 Å². The molecule has 1 aromatic rings. The molecule has 0 heterocycles. The molecule has 0 saturated heterocycles. The molecular weight excluding hydrogens is 244 g/mol. The molecule has 1 aromatic carbocycles. The Bertz CT molecular complexity index is 373. The van der Waals surface area contributed by atoms with Gasteiger partial charge in [-0.1, -0.05) is 31.2 Å². The van der Waals surface area contributed by atoms with Gasteiger partial charge in [0.25, 0.3) is 0 Å². The molecule has 0 aliphatic rings. The number of hydrogen-bond acceptors (Lipinski definition) is 2. The van der Waals surface area contributed by atoms with Gasteiger partial charge in [-0.15, -0.1) is 0 Å². The molecule has 0 bridgehead atoms. The number of nitrogens with one attached hydrogen (secondary N) is 1. The number of rotatable bonds is 7. The van der Waals surface area contributed by atoms with Crippen molar-refractivity contribution in [3.63, 3.8) is 0 Å². The van der Waals surface area contributed by atoms with Gasteiger partial charge >= 0.3 is 0 Å². The molecule has 20 heavy (non-hydrogen) atoms. The summed E-state index contributed by atoms with van der Waals surface area (Å²) in [5, 5.41) is 3.53. The largest absolute Gasteiger partial charge is 0.308 e. The Balaban J connectivity index is 2.57. The molecule has 0 aliphatic carbocycles. The molecule has 0 radical (unpaired) electrons. The standard InChI is InChI=1S/C18H32N2/c1-7-12-20(15(2)3)14-17-10-8-16(9-11-17)13-19-18(4,5)6/h8-11,15,19H,7,12-14H2,1-6H3. The van der Waals surface area contributed by atoms with Crippen molar-refractivity contribution in [1.82, 2.24) is 10.2 Å². The summed E-state index contributed by atoms with van der Waals surface area (Å²) in [5.41, 5.74) is 2.94. The summed E-state index contributed by atoms with van der Waals surface area (Å²) < 4.78 is 0. The smallest absolute Gasteiger partial charge is 0.0236 e. The lowest BCUT2D eigenvalue weighted by Gasteiger charge is -2.26. The lowest BCUT2D eigenvalue weighted by Crippen LogP contribution is -2.35. The first-order valence-electron chi connectivity index (χ1n) is 7.88. The zero-order chi connectivity index (χ0) is 15.2. The topological polar surface area (TPSA) is 15.3 Å². The van der Waals surface area contributed by atoms with E-state index >= 15 is 0 Å². The Labute approximate surface area is 125 Å². The highest BCUT2D eigenvalue weighted by Gasteiger charge is 2.10. The van der Waals surface area contributed by atoms with E-state index < -0.39 is 0 Å². The van der Waals surface area contributed by atoms with Gasteiger partial charge < -0.3 is 5.32 Å². The highest BCUT2D eigenvalue weighted by molar-refractivity contribution is 5.22. The van der Waals surface area contributed by atoms with E-state index in [4.69, 9.17) is 0 Å². The van der Waals surface area contributed by atoms with Crippen LogP contribution in [0.3, 0.4) is 0 Å². The quantitative estimate of drug-likeness (QED) is 0.803. The fraction of sp³-hybridized carbons (Fsp3) is 0.667. The summed E-state index contributed by atoms with van der Waals surface area (Å²) >= 11 is 0. The summed E-state index contributed by atoms with van der Waals surface area (Å²) in [5.74, 6) is 0. The highest BCUT2D eigenvalue weighted by Crippen LogP contribution is 2.11. The van der Waals surface area contributed by atoms with Crippen LogP contribution in [-0.4, -0.2) is 23.0 Å². The van der Waals surface area contributed by atoms with E-state index in [1.54, 1.807) is 0 Å². The predicted octanol–water partition coefficient (Wildman–Crippen LogP) is 4.20. The summed E-state index contributed by atoms with van der Waals surface area (Å²) in [4.78, 5) is 2.53. The lowest BCUT2D eigenvalue weighted by molar-refractivity contribution is 0.213. The van der Waals surface area contributed by atoms with Gasteiger partial charge in [-0.2, -0.15) is 0 Å². The molecule has 0 aliphatic heterocycles. The first-order chi connectivity index (χ1) is 9.31. The van der Waals surface area contributed by atoms with Gasteiger partial charge in [0.15, 0.2) is 0 Å². The molecule has 2 nitrogen and oxygen atoms in total. The molecular formula is C18H32N2. The highest BCUT2D eigenvalue weighted by atomic mass is 15.1. The van der Waals surface area contributed by atoms with E-state index in [0.29, 0.717) is 6.04 Å². The van der Waals surface area contributed by atoms with Crippen molar-refractivity contribution in [3.8, 4) is 0 Å². The van der Waals surface area contributed by atoms with E-state index in [1.807, 2.05) is 0 Å². The summed E-state index contributed by atoms with van der Waals surface area (Å²) in [7, 11) is 0. The van der Waals surface area contributed by atoms with Gasteiger partial charge in [-0.3, -0.25) is 4.90 Å². The van der Waals surface area contributed by atoms with Gasteiger partial charge in [0, 0.05) is 24.7 Å². The van der Waals surface area contributed by atoms with Gasteiger partial charge in [-0.25, -0.2) is 0 Å². The maximum absolute atomic E-state index is 3.53. The normalized spacial score (nSPS) is 12.4. The maximum atomic E-state index is 3.53. The molecule has 114 valence electrons. The molecule has 0 unspecified atom stereocenters. The fourth-order valence-corrected chi connectivity index (χ4v) is 2.17. The van der Waals surface area contributed by atoms with Crippen LogP contribution in [0.4, 0.5) is 0 Å². The zero-order valence-corrected chi connectivity index (χ0v) is 14.2. The third kappa shape index (κ3) is 6.53. The Morgan fingerprint density at radius 1 is 1.05 bits per heavy atom. The van der Waals surface area contributed by atoms with Crippen LogP contribution in [-0.2, 0) is 13.1 Å². The Hall–Kier alpha value is -0.860. The molecule has 0 saturated carbocycles. The van der Waals surface area contributed by atoms with E-state index in [0.717, 1.165) is 13.1 Å². The number of benzene rings is 1. The van der Waals surface area contributed by atoms with Gasteiger partial charge in [0.2, 0.25) is 0 Å². The molecule has 0 aromatic heterocycles. The lowest BCUT2D eigenvalue weighted by atomic mass is 10.1. The first-order valence-corrected chi connectivity index (χ1v) is 7.88. The van der Waals surface area contributed by atoms with Crippen molar-refractivity contribution in [2.45, 2.75) is 72.6 Å². The monoisotopic (exact) mass is 276 g/mol. The van der Waals surface area contributed by atoms with Crippen LogP contribution in [0.1, 0.15) is 59.1 Å². The average molecular weight is 276 g/mol. The Morgan fingerprint density at radius 2 is 1.60 bits per heavy atom. The average Bonchev–Trinajstić information content (AvgIpc) is 2.36. The summed E-state index contributed by atoms with van der Waals surface area (Å²) in [6.07, 6.45) is 1.21. The zero-order valence-electron chi connectivity index (χ0n) is 14.2. The second-order valence-electron chi connectivity index (χ2n) is 6.98. The predicted molar refractivity (Wildman–Crippen MR) is 88.9 cm³/mol. The second kappa shape index (κ2) is 7.80. The van der Waals surface area contributed by atoms with Crippen molar-refractivity contribution >= 4 is 0 Å². The van der Waals surface area contributed by atoms with Crippen LogP contribution >= 0.6 is 0 Å². The van der Waals surface area contributed by atoms with E-state index in [2.05, 4.69) is 76.0 Å². The van der Waals surface area contributed by atoms with Gasteiger partial charge in [0.1, 0.15) is 0 Å². The Morgan fingerprint density at radius 3 is 2.05 bits per heavy atom. The van der Waals surface area contributed by atoms with Crippen LogP contribution in [0.15, 0.2) is 24.3 Å². The summed E-state index contributed by atoms with van der Waals surface area (Å²) in [6.45, 7) is 16.6. The minimum Gasteiger partial charge on any atom is -0.308 e. The molecule has 1 rings (SSSR count). The van der Waals surface area contributed by atoms with Gasteiger partial charge in [0.05, 0.1) is 0 Å². The van der Waals surface area contributed by atoms with Crippen molar-refractivity contribution in [3.05, 3.63) is 35.4 Å². The molecule has 0 amide bonds. The van der Waals surface area contributed by atoms with Crippen LogP contribution in [0, 0.1) is 0 Å². The fourth-order valence-electron chi connectivity index (χ4n) is 2.17. The second-order valence-corrected chi connectivity index (χ2v) is 6.98. The molecule has 0 spiro atoms. The number of nitrogens with zero attached hydrogens (tertiary/aromatic N) is 1. The van der Waals surface area contributed by atoms with E-state index in [-0.39, 0.29) is 5.54 Å². The molecule has 0 atom stereocenters. The van der Waals surface area contributed by atoms with Crippen LogP contribution in [0.25, 0.3) is 0 Å². The SMILES string of the molecule is CCCN(Cc1ccc(CNC(C)(C)C)cc1)C(C)C. The molecule has 2 heteroatoms. The van der Waals surface area contributed by atoms with E-state index in [9.17, 15) is 0 Å². The minimum absolute atomic E-state index is 0.175. The minimum atomic E-state index is 0.175. The maximum Gasteiger partial charge on any atom is 0.0236 e.